The predicted octanol–water partition coefficient (Wildman–Crippen LogP) is 7.73. The molecule has 17 heteroatoms. The van der Waals surface area contributed by atoms with Crippen molar-refractivity contribution in [1.29, 1.82) is 0 Å². The summed E-state index contributed by atoms with van der Waals surface area (Å²) >= 11 is 6.38. The number of benzene rings is 4. The Hall–Kier alpha value is -6.82. The van der Waals surface area contributed by atoms with Gasteiger partial charge in [0.25, 0.3) is 11.8 Å². The van der Waals surface area contributed by atoms with E-state index < -0.39 is 15.9 Å². The Morgan fingerprint density at radius 2 is 1.57 bits per heavy atom. The van der Waals surface area contributed by atoms with Gasteiger partial charge >= 0.3 is 0 Å². The van der Waals surface area contributed by atoms with Crippen molar-refractivity contribution in [3.63, 3.8) is 0 Å². The number of nitrogens with zero attached hydrogens (tertiary/aromatic N) is 3. The number of aromatic amines is 1. The Bertz CT molecular complexity index is 2950. The second kappa shape index (κ2) is 22.6. The molecule has 346 valence electrons. The van der Waals surface area contributed by atoms with Crippen molar-refractivity contribution in [3.8, 4) is 17.0 Å². The number of halogens is 1. The highest BCUT2D eigenvalue weighted by atomic mass is 35.5. The summed E-state index contributed by atoms with van der Waals surface area (Å²) in [5.41, 5.74) is 8.98. The van der Waals surface area contributed by atoms with Crippen LogP contribution in [-0.4, -0.2) is 94.5 Å². The molecule has 1 aliphatic heterocycles. The molecule has 2 amide bonds. The van der Waals surface area contributed by atoms with Gasteiger partial charge in [0.05, 0.1) is 37.6 Å². The molecular weight excluding hydrogens is 894 g/mol. The molecule has 0 saturated heterocycles. The van der Waals surface area contributed by atoms with Crippen molar-refractivity contribution in [3.05, 3.63) is 150 Å². The highest BCUT2D eigenvalue weighted by molar-refractivity contribution is 7.89. The first-order chi connectivity index (χ1) is 32.7. The second-order valence-electron chi connectivity index (χ2n) is 15.5. The highest BCUT2D eigenvalue weighted by Crippen LogP contribution is 2.37. The van der Waals surface area contributed by atoms with E-state index in [0.717, 1.165) is 57.1 Å². The quantitative estimate of drug-likeness (QED) is 0.0296. The van der Waals surface area contributed by atoms with Gasteiger partial charge in [-0.2, -0.15) is 0 Å². The molecule has 1 aliphatic rings. The summed E-state index contributed by atoms with van der Waals surface area (Å²) in [4.78, 5) is 39.0. The summed E-state index contributed by atoms with van der Waals surface area (Å²) < 4.78 is 50.8. The van der Waals surface area contributed by atoms with Gasteiger partial charge in [-0.25, -0.2) is 18.1 Å². The maximum Gasteiger partial charge on any atom is 0.258 e. The molecule has 0 fully saturated rings. The normalized spacial score (nSPS) is 12.5. The third-order valence-corrected chi connectivity index (χ3v) is 12.7. The zero-order valence-corrected chi connectivity index (χ0v) is 38.2. The van der Waals surface area contributed by atoms with Gasteiger partial charge in [0, 0.05) is 99.8 Å². The van der Waals surface area contributed by atoms with Crippen molar-refractivity contribution in [2.24, 2.45) is 0 Å². The summed E-state index contributed by atoms with van der Waals surface area (Å²) in [6.07, 6.45) is 10.2. The molecule has 0 atom stereocenters. The molecule has 0 bridgehead atoms. The van der Waals surface area contributed by atoms with E-state index in [4.69, 9.17) is 30.5 Å². The van der Waals surface area contributed by atoms with Crippen LogP contribution < -0.4 is 25.0 Å². The summed E-state index contributed by atoms with van der Waals surface area (Å²) in [7, 11) is -3.78. The van der Waals surface area contributed by atoms with Crippen LogP contribution in [0.4, 0.5) is 17.1 Å². The average Bonchev–Trinajstić information content (AvgIpc) is 3.64. The van der Waals surface area contributed by atoms with Crippen molar-refractivity contribution in [2.75, 3.05) is 69.5 Å². The molecule has 15 nitrogen and oxygen atoms in total. The highest BCUT2D eigenvalue weighted by Gasteiger charge is 2.21. The van der Waals surface area contributed by atoms with Crippen molar-refractivity contribution >= 4 is 72.3 Å². The third-order valence-electron chi connectivity index (χ3n) is 11.0. The maximum absolute atomic E-state index is 13.1. The number of H-pyrrole nitrogens is 1. The van der Waals surface area contributed by atoms with Crippen LogP contribution >= 0.6 is 11.6 Å². The van der Waals surface area contributed by atoms with Crippen LogP contribution in [0.5, 0.6) is 5.88 Å². The van der Waals surface area contributed by atoms with Gasteiger partial charge in [-0.15, -0.1) is 0 Å². The van der Waals surface area contributed by atoms with Crippen molar-refractivity contribution < 1.29 is 37.0 Å². The lowest BCUT2D eigenvalue weighted by atomic mass is 10.0. The number of amides is 2. The van der Waals surface area contributed by atoms with E-state index >= 15 is 0 Å². The van der Waals surface area contributed by atoms with Gasteiger partial charge < -0.3 is 39.5 Å². The number of hydrogen-bond acceptors (Lipinski definition) is 11. The monoisotopic (exact) mass is 943 g/mol. The van der Waals surface area contributed by atoms with Crippen LogP contribution in [0.1, 0.15) is 17.5 Å². The Balaban J connectivity index is 0.646. The van der Waals surface area contributed by atoms with Crippen molar-refractivity contribution in [1.82, 2.24) is 25.0 Å². The van der Waals surface area contributed by atoms with E-state index in [1.165, 1.54) is 47.7 Å². The van der Waals surface area contributed by atoms with Crippen LogP contribution in [0.3, 0.4) is 0 Å². The van der Waals surface area contributed by atoms with Crippen LogP contribution in [0.25, 0.3) is 32.9 Å². The van der Waals surface area contributed by atoms with Crippen LogP contribution in [0.2, 0.25) is 5.02 Å². The number of aryl methyl sites for hydroxylation is 2. The third kappa shape index (κ3) is 12.5. The van der Waals surface area contributed by atoms with Crippen molar-refractivity contribution in [2.45, 2.75) is 24.2 Å². The molecule has 4 aromatic carbocycles. The molecule has 4 N–H and O–H groups in total. The first-order valence-corrected chi connectivity index (χ1v) is 23.8. The number of sulfonamides is 1. The Morgan fingerprint density at radius 1 is 0.776 bits per heavy atom. The van der Waals surface area contributed by atoms with E-state index in [0.29, 0.717) is 55.9 Å². The first kappa shape index (κ1) is 46.7. The molecule has 67 heavy (non-hydrogen) atoms. The van der Waals surface area contributed by atoms with E-state index in [2.05, 4.69) is 65.5 Å². The van der Waals surface area contributed by atoms with E-state index in [1.54, 1.807) is 18.5 Å². The molecule has 0 aliphatic carbocycles. The number of carbonyl (C=O) groups is 2. The molecule has 4 heterocycles. The Labute approximate surface area is 393 Å². The second-order valence-corrected chi connectivity index (χ2v) is 17.8. The number of para-hydroxylation sites is 1. The van der Waals surface area contributed by atoms with Gasteiger partial charge in [0.15, 0.2) is 6.61 Å². The number of fused-ring (bicyclic) bond motifs is 5. The van der Waals surface area contributed by atoms with E-state index in [9.17, 15) is 18.0 Å². The van der Waals surface area contributed by atoms with Crippen LogP contribution in [0.15, 0.2) is 139 Å². The van der Waals surface area contributed by atoms with Gasteiger partial charge in [0.2, 0.25) is 15.9 Å². The molecule has 8 rings (SSSR count). The molecule has 0 saturated carbocycles. The SMILES string of the molecule is O=C(C=COCCOCCOCCNC(=O)COc1ccc(-c2ccc3c(c2)[nH]c2ccncc23)cn1)Nc1ccc(S(=O)(=O)NCCCN2c3ccccc3CCc3ccc(Cl)cc32)cc1. The van der Waals surface area contributed by atoms with Gasteiger partial charge in [0.1, 0.15) is 6.61 Å². The number of anilines is 3. The van der Waals surface area contributed by atoms with E-state index in [1.807, 2.05) is 48.7 Å². The topological polar surface area (TPSA) is 186 Å². The predicted molar refractivity (Wildman–Crippen MR) is 259 cm³/mol. The number of rotatable bonds is 22. The van der Waals surface area contributed by atoms with Gasteiger partial charge in [-0.1, -0.05) is 48.0 Å². The number of aromatic nitrogens is 3. The molecule has 0 spiro atoms. The van der Waals surface area contributed by atoms with E-state index in [-0.39, 0.29) is 37.2 Å². The lowest BCUT2D eigenvalue weighted by Gasteiger charge is -2.27. The minimum absolute atomic E-state index is 0.0898. The lowest BCUT2D eigenvalue weighted by molar-refractivity contribution is -0.123. The summed E-state index contributed by atoms with van der Waals surface area (Å²) in [6.45, 7) is 2.38. The van der Waals surface area contributed by atoms with Crippen LogP contribution in [0, 0.1) is 0 Å². The largest absolute Gasteiger partial charge is 0.499 e. The number of carbonyl (C=O) groups excluding carboxylic acids is 2. The number of hydrogen-bond donors (Lipinski definition) is 4. The van der Waals surface area contributed by atoms with Gasteiger partial charge in [-0.3, -0.25) is 14.6 Å². The fraction of sp³-hybridized carbons (Fsp3) is 0.240. The molecule has 7 aromatic rings. The molecule has 0 unspecified atom stereocenters. The standard InChI is InChI=1S/C50H50ClN7O8S/c51-39-11-8-36-7-6-35-4-1-2-5-46(35)58(47(36)31-39)23-3-20-55-67(61,62)41-14-12-40(13-15-41)56-48(59)19-24-63-26-28-65-29-27-64-25-22-53-49(60)34-66-50-17-10-38(32-54-50)37-9-16-42-43-33-52-21-18-44(43)57-45(42)30-37/h1-2,4-5,8-19,21,24,30-33,55,57H,3,6-7,20,22-23,25-29,34H2,(H,53,60)(H,56,59). The average molecular weight is 945 g/mol. The summed E-state index contributed by atoms with van der Waals surface area (Å²) in [5.74, 6) is -0.396. The zero-order valence-electron chi connectivity index (χ0n) is 36.6. The molecular formula is C50H50ClN7O8S. The zero-order chi connectivity index (χ0) is 46.4. The van der Waals surface area contributed by atoms with Gasteiger partial charge in [-0.05, 0) is 96.6 Å². The molecule has 3 aromatic heterocycles. The summed E-state index contributed by atoms with van der Waals surface area (Å²) in [6, 6.07) is 31.9. The first-order valence-electron chi connectivity index (χ1n) is 21.9. The summed E-state index contributed by atoms with van der Waals surface area (Å²) in [5, 5.41) is 8.26. The Morgan fingerprint density at radius 3 is 2.40 bits per heavy atom. The minimum atomic E-state index is -3.78. The Kier molecular flexibility index (Phi) is 15.7. The minimum Gasteiger partial charge on any atom is -0.499 e. The lowest BCUT2D eigenvalue weighted by Crippen LogP contribution is -2.32. The molecule has 0 radical (unpaired) electrons. The fourth-order valence-corrected chi connectivity index (χ4v) is 8.92. The van der Waals surface area contributed by atoms with Crippen LogP contribution in [-0.2, 0) is 46.7 Å². The fourth-order valence-electron chi connectivity index (χ4n) is 7.68. The number of pyridine rings is 2. The smallest absolute Gasteiger partial charge is 0.258 e. The number of nitrogens with one attached hydrogen (secondary N) is 4. The maximum atomic E-state index is 13.1. The number of ether oxygens (including phenoxy) is 4.